The summed E-state index contributed by atoms with van der Waals surface area (Å²) in [6, 6.07) is 21.3. The summed E-state index contributed by atoms with van der Waals surface area (Å²) in [7, 11) is 4.15. The quantitative estimate of drug-likeness (QED) is 0.425. The van der Waals surface area contributed by atoms with E-state index in [4.69, 9.17) is 0 Å². The highest BCUT2D eigenvalue weighted by Gasteiger charge is 2.65. The summed E-state index contributed by atoms with van der Waals surface area (Å²) < 4.78 is 0. The van der Waals surface area contributed by atoms with Crippen LogP contribution in [-0.4, -0.2) is 35.1 Å². The zero-order chi connectivity index (χ0) is 23.4. The Hall–Kier alpha value is -3.70. The first-order chi connectivity index (χ1) is 16.4. The topological polar surface area (TPSA) is 61.0 Å². The molecule has 1 saturated carbocycles. The lowest BCUT2D eigenvalue weighted by atomic mass is 9.91. The largest absolute Gasteiger partial charge is 0.325 e. The van der Waals surface area contributed by atoms with E-state index in [0.29, 0.717) is 0 Å². The predicted molar refractivity (Wildman–Crippen MR) is 138 cm³/mol. The number of carbonyl (C=O) groups is 1. The summed E-state index contributed by atoms with van der Waals surface area (Å²) in [6.45, 7) is 3.02. The van der Waals surface area contributed by atoms with E-state index in [1.54, 1.807) is 0 Å². The predicted octanol–water partition coefficient (Wildman–Crippen LogP) is 5.48. The summed E-state index contributed by atoms with van der Waals surface area (Å²) in [5.41, 5.74) is 8.43. The number of anilines is 1. The third-order valence-electron chi connectivity index (χ3n) is 7.20. The Labute approximate surface area is 199 Å². The summed E-state index contributed by atoms with van der Waals surface area (Å²) in [5, 5.41) is 11.9. The first kappa shape index (κ1) is 20.9. The molecule has 34 heavy (non-hydrogen) atoms. The molecule has 1 aliphatic carbocycles. The second-order valence-corrected chi connectivity index (χ2v) is 9.96. The minimum Gasteiger partial charge on any atom is -0.325 e. The Morgan fingerprint density at radius 2 is 1.88 bits per heavy atom. The van der Waals surface area contributed by atoms with Crippen LogP contribution in [0.4, 0.5) is 5.69 Å². The van der Waals surface area contributed by atoms with Gasteiger partial charge in [-0.15, -0.1) is 0 Å². The molecule has 0 bridgehead atoms. The summed E-state index contributed by atoms with van der Waals surface area (Å²) in [4.78, 5) is 15.1. The van der Waals surface area contributed by atoms with Crippen molar-refractivity contribution >= 4 is 34.6 Å². The van der Waals surface area contributed by atoms with Gasteiger partial charge in [0.15, 0.2) is 0 Å². The van der Waals surface area contributed by atoms with E-state index in [1.807, 2.05) is 6.07 Å². The van der Waals surface area contributed by atoms with Crippen LogP contribution in [0.25, 0.3) is 23.1 Å². The average molecular weight is 449 g/mol. The number of aromatic nitrogens is 2. The summed E-state index contributed by atoms with van der Waals surface area (Å²) in [5.74, 6) is 0.325. The van der Waals surface area contributed by atoms with Crippen LogP contribution in [0.5, 0.6) is 0 Å². The van der Waals surface area contributed by atoms with Crippen LogP contribution in [0.3, 0.4) is 0 Å². The fourth-order valence-corrected chi connectivity index (χ4v) is 5.38. The molecule has 2 aliphatic rings. The van der Waals surface area contributed by atoms with Gasteiger partial charge in [0.1, 0.15) is 0 Å². The van der Waals surface area contributed by atoms with Crippen LogP contribution in [0.2, 0.25) is 0 Å². The lowest BCUT2D eigenvalue weighted by molar-refractivity contribution is -0.118. The van der Waals surface area contributed by atoms with Gasteiger partial charge in [0.05, 0.1) is 16.6 Å². The van der Waals surface area contributed by atoms with Gasteiger partial charge in [0.25, 0.3) is 0 Å². The first-order valence-corrected chi connectivity index (χ1v) is 11.8. The molecule has 0 saturated heterocycles. The number of benzene rings is 3. The van der Waals surface area contributed by atoms with Crippen molar-refractivity contribution in [2.24, 2.45) is 0 Å². The van der Waals surface area contributed by atoms with Crippen molar-refractivity contribution in [2.45, 2.75) is 31.2 Å². The molecule has 170 valence electrons. The fourth-order valence-electron chi connectivity index (χ4n) is 5.38. The molecule has 1 fully saturated rings. The highest BCUT2D eigenvalue weighted by Crippen LogP contribution is 2.65. The molecule has 5 nitrogen and oxygen atoms in total. The highest BCUT2D eigenvalue weighted by molar-refractivity contribution is 6.10. The van der Waals surface area contributed by atoms with Gasteiger partial charge >= 0.3 is 0 Å². The molecule has 6 rings (SSSR count). The molecule has 3 aromatic carbocycles. The van der Waals surface area contributed by atoms with Gasteiger partial charge in [-0.1, -0.05) is 60.2 Å². The third-order valence-corrected chi connectivity index (χ3v) is 7.20. The van der Waals surface area contributed by atoms with Gasteiger partial charge in [0.2, 0.25) is 5.91 Å². The maximum Gasteiger partial charge on any atom is 0.235 e. The Kier molecular flexibility index (Phi) is 4.71. The minimum absolute atomic E-state index is 0.128. The van der Waals surface area contributed by atoms with E-state index in [-0.39, 0.29) is 11.8 Å². The molecular formula is C29H28N4O. The molecule has 1 aromatic heterocycles. The van der Waals surface area contributed by atoms with Gasteiger partial charge in [0, 0.05) is 23.5 Å². The number of nitrogens with one attached hydrogen (secondary N) is 2. The fraction of sp³-hybridized carbons (Fsp3) is 0.241. The number of carbonyl (C=O) groups excluding carboxylic acids is 1. The van der Waals surface area contributed by atoms with Gasteiger partial charge in [-0.3, -0.25) is 9.89 Å². The van der Waals surface area contributed by atoms with Crippen molar-refractivity contribution in [2.75, 3.05) is 19.4 Å². The minimum atomic E-state index is -0.420. The van der Waals surface area contributed by atoms with Gasteiger partial charge < -0.3 is 10.2 Å². The Morgan fingerprint density at radius 1 is 1.06 bits per heavy atom. The second-order valence-electron chi connectivity index (χ2n) is 9.96. The summed E-state index contributed by atoms with van der Waals surface area (Å²) in [6.07, 6.45) is 5.01. The smallest absolute Gasteiger partial charge is 0.235 e. The van der Waals surface area contributed by atoms with Gasteiger partial charge in [-0.2, -0.15) is 5.10 Å². The molecule has 2 atom stereocenters. The lowest BCUT2D eigenvalue weighted by Crippen LogP contribution is -2.21. The normalized spacial score (nSPS) is 21.1. The number of amides is 1. The van der Waals surface area contributed by atoms with Crippen LogP contribution in [0, 0.1) is 6.92 Å². The molecule has 1 spiro atoms. The molecular weight excluding hydrogens is 420 g/mol. The number of fused-ring (bicyclic) bond motifs is 3. The maximum absolute atomic E-state index is 12.9. The number of aromatic amines is 1. The molecule has 1 aliphatic heterocycles. The van der Waals surface area contributed by atoms with Crippen LogP contribution < -0.4 is 5.32 Å². The Morgan fingerprint density at radius 3 is 2.68 bits per heavy atom. The van der Waals surface area contributed by atoms with Crippen molar-refractivity contribution in [3.8, 4) is 0 Å². The average Bonchev–Trinajstić information content (AvgIpc) is 3.36. The Balaban J connectivity index is 1.25. The number of aryl methyl sites for hydroxylation is 1. The SMILES string of the molecule is Cc1ccc2c(c1)C1(CC1c1ccc3c(/C=C/c4ccc(CN(C)C)cc4)n[nH]c3c1)C(=O)N2. The van der Waals surface area contributed by atoms with E-state index in [0.717, 1.165) is 46.4 Å². The molecule has 5 heteroatoms. The van der Waals surface area contributed by atoms with E-state index >= 15 is 0 Å². The van der Waals surface area contributed by atoms with Crippen LogP contribution in [0.1, 0.15) is 45.8 Å². The van der Waals surface area contributed by atoms with Crippen molar-refractivity contribution < 1.29 is 4.79 Å². The standard InChI is InChI=1S/C29H28N4O/c1-18-4-12-26-23(14-18)29(28(34)30-26)16-24(29)21-10-11-22-25(31-32-27(22)15-21)13-9-19-5-7-20(8-6-19)17-33(2)3/h4-15,24H,16-17H2,1-3H3,(H,30,34)(H,31,32)/b13-9+. The van der Waals surface area contributed by atoms with E-state index in [2.05, 4.69) is 108 Å². The maximum atomic E-state index is 12.9. The van der Waals surface area contributed by atoms with Gasteiger partial charge in [-0.25, -0.2) is 0 Å². The third kappa shape index (κ3) is 3.35. The lowest BCUT2D eigenvalue weighted by Gasteiger charge is -2.09. The van der Waals surface area contributed by atoms with Crippen LogP contribution in [-0.2, 0) is 16.8 Å². The monoisotopic (exact) mass is 448 g/mol. The number of hydrogen-bond acceptors (Lipinski definition) is 3. The number of hydrogen-bond donors (Lipinski definition) is 2. The molecule has 2 unspecified atom stereocenters. The Bertz CT molecular complexity index is 1450. The zero-order valence-corrected chi connectivity index (χ0v) is 19.7. The van der Waals surface area contributed by atoms with Crippen LogP contribution in [0.15, 0.2) is 60.7 Å². The molecule has 0 radical (unpaired) electrons. The van der Waals surface area contributed by atoms with Crippen molar-refractivity contribution in [1.29, 1.82) is 0 Å². The number of H-pyrrole nitrogens is 1. The summed E-state index contributed by atoms with van der Waals surface area (Å²) >= 11 is 0. The van der Waals surface area contributed by atoms with E-state index in [9.17, 15) is 4.79 Å². The first-order valence-electron chi connectivity index (χ1n) is 11.8. The zero-order valence-electron chi connectivity index (χ0n) is 19.7. The molecule has 4 aromatic rings. The molecule has 2 heterocycles. The molecule has 2 N–H and O–H groups in total. The van der Waals surface area contributed by atoms with Gasteiger partial charge in [-0.05, 0) is 67.9 Å². The van der Waals surface area contributed by atoms with Crippen molar-refractivity contribution in [3.63, 3.8) is 0 Å². The van der Waals surface area contributed by atoms with Crippen LogP contribution >= 0.6 is 0 Å². The highest BCUT2D eigenvalue weighted by atomic mass is 16.2. The van der Waals surface area contributed by atoms with E-state index in [1.165, 1.54) is 16.7 Å². The number of rotatable bonds is 5. The van der Waals surface area contributed by atoms with E-state index < -0.39 is 5.41 Å². The van der Waals surface area contributed by atoms with Crippen molar-refractivity contribution in [3.05, 3.63) is 94.2 Å². The second kappa shape index (κ2) is 7.67. The number of nitrogens with zero attached hydrogens (tertiary/aromatic N) is 2. The van der Waals surface area contributed by atoms with Crippen molar-refractivity contribution in [1.82, 2.24) is 15.1 Å². The molecule has 1 amide bonds.